The average molecular weight is 307 g/mol. The summed E-state index contributed by atoms with van der Waals surface area (Å²) >= 11 is 0.992. The van der Waals surface area contributed by atoms with Crippen LogP contribution in [0.4, 0.5) is 0 Å². The van der Waals surface area contributed by atoms with Gasteiger partial charge in [0.2, 0.25) is 19.7 Å². The van der Waals surface area contributed by atoms with E-state index >= 15 is 0 Å². The van der Waals surface area contributed by atoms with Gasteiger partial charge in [-0.1, -0.05) is 23.5 Å². The van der Waals surface area contributed by atoms with E-state index in [2.05, 4.69) is 10.2 Å². The molecule has 8 heteroatoms. The van der Waals surface area contributed by atoms with Crippen molar-refractivity contribution in [3.63, 3.8) is 0 Å². The first kappa shape index (κ1) is 12.9. The van der Waals surface area contributed by atoms with Crippen molar-refractivity contribution in [1.29, 1.82) is 0 Å². The summed E-state index contributed by atoms with van der Waals surface area (Å²) in [5.74, 6) is 0. The second kappa shape index (κ2) is 4.50. The number of pyridine rings is 1. The molecule has 102 valence electrons. The molecule has 3 rings (SSSR count). The summed E-state index contributed by atoms with van der Waals surface area (Å²) in [6.45, 7) is 0. The van der Waals surface area contributed by atoms with E-state index in [9.17, 15) is 13.6 Å². The Bertz CT molecular complexity index is 903. The Morgan fingerprint density at radius 2 is 1.95 bits per heavy atom. The van der Waals surface area contributed by atoms with Gasteiger partial charge in [-0.2, -0.15) is 4.73 Å². The van der Waals surface area contributed by atoms with Gasteiger partial charge in [0, 0.05) is 24.0 Å². The zero-order chi connectivity index (χ0) is 14.3. The fraction of sp³-hybridized carbons (Fsp3) is 0.0833. The fourth-order valence-corrected chi connectivity index (χ4v) is 3.51. The molecular weight excluding hydrogens is 298 g/mol. The third kappa shape index (κ3) is 2.12. The largest absolute Gasteiger partial charge is 0.618 e. The van der Waals surface area contributed by atoms with E-state index < -0.39 is 9.84 Å². The van der Waals surface area contributed by atoms with Gasteiger partial charge in [0.15, 0.2) is 6.20 Å². The third-order valence-corrected chi connectivity index (χ3v) is 5.39. The smallest absolute Gasteiger partial charge is 0.232 e. The van der Waals surface area contributed by atoms with Crippen LogP contribution in [0.1, 0.15) is 0 Å². The zero-order valence-electron chi connectivity index (χ0n) is 10.3. The molecule has 0 saturated heterocycles. The minimum absolute atomic E-state index is 0.0320. The van der Waals surface area contributed by atoms with E-state index in [0.29, 0.717) is 21.5 Å². The standard InChI is InChI=1S/C12H9N3O3S2/c1-20(17,18)12-14-13-11(19-12)9-6-7-15(16)10-5-3-2-4-8(9)10/h2-7H,1H3. The van der Waals surface area contributed by atoms with Crippen molar-refractivity contribution < 1.29 is 13.1 Å². The Kier molecular flexibility index (Phi) is 2.91. The summed E-state index contributed by atoms with van der Waals surface area (Å²) in [4.78, 5) is 0. The predicted octanol–water partition coefficient (Wildman–Crippen LogP) is 1.40. The molecule has 0 N–H and O–H groups in total. The minimum Gasteiger partial charge on any atom is -0.618 e. The summed E-state index contributed by atoms with van der Waals surface area (Å²) < 4.78 is 23.6. The number of nitrogens with zero attached hydrogens (tertiary/aromatic N) is 3. The van der Waals surface area contributed by atoms with Crippen LogP contribution in [0, 0.1) is 5.21 Å². The number of hydrogen-bond acceptors (Lipinski definition) is 6. The van der Waals surface area contributed by atoms with Gasteiger partial charge < -0.3 is 5.21 Å². The molecule has 0 atom stereocenters. The summed E-state index contributed by atoms with van der Waals surface area (Å²) in [5.41, 5.74) is 1.20. The van der Waals surface area contributed by atoms with Crippen molar-refractivity contribution in [2.75, 3.05) is 6.26 Å². The number of benzene rings is 1. The molecule has 6 nitrogen and oxygen atoms in total. The first-order chi connectivity index (χ1) is 9.47. The lowest BCUT2D eigenvalue weighted by atomic mass is 10.1. The Balaban J connectivity index is 2.25. The van der Waals surface area contributed by atoms with Crippen LogP contribution in [0.2, 0.25) is 0 Å². The normalized spacial score (nSPS) is 11.8. The third-order valence-electron chi connectivity index (χ3n) is 2.76. The molecule has 0 fully saturated rings. The van der Waals surface area contributed by atoms with Crippen LogP contribution in [-0.2, 0) is 9.84 Å². The van der Waals surface area contributed by atoms with Gasteiger partial charge in [-0.25, -0.2) is 8.42 Å². The van der Waals surface area contributed by atoms with Gasteiger partial charge in [-0.05, 0) is 6.07 Å². The summed E-state index contributed by atoms with van der Waals surface area (Å²) in [6.07, 6.45) is 2.46. The molecule has 0 aliphatic carbocycles. The summed E-state index contributed by atoms with van der Waals surface area (Å²) in [6, 6.07) is 8.68. The summed E-state index contributed by atoms with van der Waals surface area (Å²) in [5, 5.41) is 20.5. The monoisotopic (exact) mass is 307 g/mol. The molecule has 0 amide bonds. The highest BCUT2D eigenvalue weighted by atomic mass is 32.2. The number of para-hydroxylation sites is 1. The maximum absolute atomic E-state index is 11.7. The lowest BCUT2D eigenvalue weighted by Gasteiger charge is -2.04. The number of hydrogen-bond donors (Lipinski definition) is 0. The highest BCUT2D eigenvalue weighted by molar-refractivity contribution is 7.92. The molecule has 1 aromatic carbocycles. The molecule has 0 saturated carbocycles. The van der Waals surface area contributed by atoms with Crippen LogP contribution in [0.3, 0.4) is 0 Å². The van der Waals surface area contributed by atoms with E-state index in [1.807, 2.05) is 6.07 Å². The minimum atomic E-state index is -3.37. The van der Waals surface area contributed by atoms with Crippen LogP contribution < -0.4 is 4.73 Å². The van der Waals surface area contributed by atoms with Crippen molar-refractivity contribution in [2.24, 2.45) is 0 Å². The number of sulfone groups is 1. The number of aromatic nitrogens is 3. The number of rotatable bonds is 2. The van der Waals surface area contributed by atoms with Gasteiger partial charge in [-0.3, -0.25) is 0 Å². The molecule has 0 aliphatic heterocycles. The lowest BCUT2D eigenvalue weighted by Crippen LogP contribution is -2.25. The molecule has 20 heavy (non-hydrogen) atoms. The maximum atomic E-state index is 11.7. The highest BCUT2D eigenvalue weighted by Gasteiger charge is 2.18. The number of fused-ring (bicyclic) bond motifs is 1. The molecule has 0 unspecified atom stereocenters. The molecule has 0 radical (unpaired) electrons. The topological polar surface area (TPSA) is 86.9 Å². The van der Waals surface area contributed by atoms with Crippen LogP contribution in [0.25, 0.3) is 21.5 Å². The summed E-state index contributed by atoms with van der Waals surface area (Å²) in [7, 11) is -3.37. The van der Waals surface area contributed by atoms with Crippen molar-refractivity contribution >= 4 is 32.1 Å². The maximum Gasteiger partial charge on any atom is 0.232 e. The molecule has 2 aromatic heterocycles. The van der Waals surface area contributed by atoms with Gasteiger partial charge in [-0.15, -0.1) is 10.2 Å². The van der Waals surface area contributed by atoms with E-state index in [1.165, 1.54) is 6.20 Å². The van der Waals surface area contributed by atoms with E-state index in [1.54, 1.807) is 24.3 Å². The molecule has 2 heterocycles. The molecule has 0 bridgehead atoms. The SMILES string of the molecule is CS(=O)(=O)c1nnc(-c2cc[n+]([O-])c3ccccc23)s1. The van der Waals surface area contributed by atoms with Crippen LogP contribution in [-0.4, -0.2) is 24.9 Å². The molecule has 0 spiro atoms. The van der Waals surface area contributed by atoms with Crippen molar-refractivity contribution in [1.82, 2.24) is 10.2 Å². The van der Waals surface area contributed by atoms with Crippen molar-refractivity contribution in [3.05, 3.63) is 41.7 Å². The second-order valence-electron chi connectivity index (χ2n) is 4.22. The van der Waals surface area contributed by atoms with E-state index in [4.69, 9.17) is 0 Å². The Hall–Kier alpha value is -2.06. The highest BCUT2D eigenvalue weighted by Crippen LogP contribution is 2.30. The molecule has 3 aromatic rings. The predicted molar refractivity (Wildman–Crippen MR) is 74.9 cm³/mol. The van der Waals surface area contributed by atoms with Gasteiger partial charge >= 0.3 is 0 Å². The molecular formula is C12H9N3O3S2. The van der Waals surface area contributed by atoms with Crippen LogP contribution in [0.15, 0.2) is 40.9 Å². The first-order valence-corrected chi connectivity index (χ1v) is 8.32. The lowest BCUT2D eigenvalue weighted by molar-refractivity contribution is -0.576. The van der Waals surface area contributed by atoms with Crippen LogP contribution >= 0.6 is 11.3 Å². The van der Waals surface area contributed by atoms with E-state index in [-0.39, 0.29) is 4.34 Å². The Labute approximate surface area is 118 Å². The average Bonchev–Trinajstić information content (AvgIpc) is 2.89. The second-order valence-corrected chi connectivity index (χ2v) is 7.38. The Morgan fingerprint density at radius 3 is 2.65 bits per heavy atom. The van der Waals surface area contributed by atoms with Gasteiger partial charge in [0.1, 0.15) is 5.01 Å². The van der Waals surface area contributed by atoms with Crippen LogP contribution in [0.5, 0.6) is 0 Å². The first-order valence-electron chi connectivity index (χ1n) is 5.61. The van der Waals surface area contributed by atoms with Gasteiger partial charge in [0.05, 0.1) is 5.39 Å². The zero-order valence-corrected chi connectivity index (χ0v) is 12.0. The van der Waals surface area contributed by atoms with Crippen molar-refractivity contribution in [2.45, 2.75) is 4.34 Å². The van der Waals surface area contributed by atoms with Crippen molar-refractivity contribution in [3.8, 4) is 10.6 Å². The quantitative estimate of drug-likeness (QED) is 0.527. The fourth-order valence-electron chi connectivity index (χ4n) is 1.86. The van der Waals surface area contributed by atoms with Gasteiger partial charge in [0.25, 0.3) is 0 Å². The Morgan fingerprint density at radius 1 is 1.20 bits per heavy atom. The molecule has 0 aliphatic rings. The van der Waals surface area contributed by atoms with E-state index in [0.717, 1.165) is 22.3 Å².